The summed E-state index contributed by atoms with van der Waals surface area (Å²) in [7, 11) is 0. The van der Waals surface area contributed by atoms with Crippen LogP contribution in [0.1, 0.15) is 29.1 Å². The van der Waals surface area contributed by atoms with E-state index in [-0.39, 0.29) is 0 Å². The van der Waals surface area contributed by atoms with Gasteiger partial charge in [0.1, 0.15) is 12.4 Å². The van der Waals surface area contributed by atoms with Crippen molar-refractivity contribution < 1.29 is 4.74 Å². The van der Waals surface area contributed by atoms with E-state index >= 15 is 0 Å². The molecule has 1 aliphatic carbocycles. The molecule has 0 saturated heterocycles. The maximum atomic E-state index is 6.28. The molecule has 240 valence electrons. The fraction of sp³-hybridized carbons (Fsp3) is 0.0889. The molecule has 5 nitrogen and oxygen atoms in total. The predicted molar refractivity (Wildman–Crippen MR) is 203 cm³/mol. The number of benzene rings is 5. The third-order valence-electron chi connectivity index (χ3n) is 9.49. The molecule has 0 spiro atoms. The fourth-order valence-electron chi connectivity index (χ4n) is 7.03. The number of hydrogen-bond donors (Lipinski definition) is 0. The first-order chi connectivity index (χ1) is 24.8. The van der Waals surface area contributed by atoms with E-state index in [9.17, 15) is 0 Å². The van der Waals surface area contributed by atoms with Crippen molar-refractivity contribution in [1.29, 1.82) is 0 Å². The van der Waals surface area contributed by atoms with Gasteiger partial charge in [-0.25, -0.2) is 15.0 Å². The van der Waals surface area contributed by atoms with Crippen LogP contribution in [-0.4, -0.2) is 26.1 Å². The molecule has 5 heteroatoms. The third-order valence-corrected chi connectivity index (χ3v) is 9.49. The van der Waals surface area contributed by atoms with Crippen molar-refractivity contribution in [2.45, 2.75) is 19.3 Å². The zero-order chi connectivity index (χ0) is 33.3. The van der Waals surface area contributed by atoms with Crippen LogP contribution >= 0.6 is 0 Å². The highest BCUT2D eigenvalue weighted by Gasteiger charge is 2.20. The van der Waals surface area contributed by atoms with Gasteiger partial charge in [0.15, 0.2) is 17.5 Å². The van der Waals surface area contributed by atoms with Gasteiger partial charge in [0.25, 0.3) is 0 Å². The first kappa shape index (κ1) is 29.8. The van der Waals surface area contributed by atoms with Crippen LogP contribution in [0.3, 0.4) is 0 Å². The summed E-state index contributed by atoms with van der Waals surface area (Å²) in [5.41, 5.74) is 11.5. The summed E-state index contributed by atoms with van der Waals surface area (Å²) < 4.78 is 8.68. The van der Waals surface area contributed by atoms with Crippen molar-refractivity contribution in [3.05, 3.63) is 174 Å². The van der Waals surface area contributed by atoms with Crippen LogP contribution in [0.4, 0.5) is 0 Å². The molecule has 2 aromatic heterocycles. The Balaban J connectivity index is 1.10. The smallest absolute Gasteiger partial charge is 0.164 e. The van der Waals surface area contributed by atoms with Gasteiger partial charge in [-0.05, 0) is 90.1 Å². The van der Waals surface area contributed by atoms with Crippen molar-refractivity contribution >= 4 is 22.6 Å². The molecule has 5 aromatic carbocycles. The quantitative estimate of drug-likeness (QED) is 0.187. The molecular weight excluding hydrogens is 613 g/mol. The summed E-state index contributed by atoms with van der Waals surface area (Å²) in [5.74, 6) is 2.83. The molecule has 0 bridgehead atoms. The second kappa shape index (κ2) is 12.9. The molecule has 9 rings (SSSR count). The van der Waals surface area contributed by atoms with Crippen LogP contribution in [0.25, 0.3) is 62.1 Å². The molecule has 7 aromatic rings. The number of hydrogen-bond acceptors (Lipinski definition) is 4. The lowest BCUT2D eigenvalue weighted by Gasteiger charge is -2.12. The summed E-state index contributed by atoms with van der Waals surface area (Å²) in [5, 5.41) is 1.31. The second-order valence-corrected chi connectivity index (χ2v) is 12.6. The SMILES string of the molecule is C1=Cc2c(c3cc(-c4ccc5c(c4)C/C=C(c4nc(-c6ccccc6)nc(-c6ccccc6)n4)\C=C/CO5)ccc3n2-c2ccccc2)CC1. The van der Waals surface area contributed by atoms with Crippen LogP contribution in [0.2, 0.25) is 0 Å². The lowest BCUT2D eigenvalue weighted by Crippen LogP contribution is -2.02. The molecule has 0 N–H and O–H groups in total. The molecule has 0 amide bonds. The van der Waals surface area contributed by atoms with E-state index in [0.29, 0.717) is 30.5 Å². The van der Waals surface area contributed by atoms with E-state index in [2.05, 4.69) is 95.6 Å². The van der Waals surface area contributed by atoms with Crippen molar-refractivity contribution in [2.75, 3.05) is 6.61 Å². The number of fused-ring (bicyclic) bond motifs is 4. The number of aromatic nitrogens is 4. The minimum absolute atomic E-state index is 0.449. The van der Waals surface area contributed by atoms with Gasteiger partial charge in [0.05, 0.1) is 5.52 Å². The third kappa shape index (κ3) is 5.63. The fourth-order valence-corrected chi connectivity index (χ4v) is 7.03. The minimum atomic E-state index is 0.449. The Bertz CT molecular complexity index is 2380. The average molecular weight is 647 g/mol. The zero-order valence-electron chi connectivity index (χ0n) is 27.5. The largest absolute Gasteiger partial charge is 0.489 e. The van der Waals surface area contributed by atoms with Gasteiger partial charge < -0.3 is 9.30 Å². The molecule has 1 aliphatic heterocycles. The number of para-hydroxylation sites is 1. The maximum absolute atomic E-state index is 6.28. The first-order valence-electron chi connectivity index (χ1n) is 17.2. The normalized spacial score (nSPS) is 15.5. The van der Waals surface area contributed by atoms with Crippen molar-refractivity contribution in [3.8, 4) is 45.3 Å². The van der Waals surface area contributed by atoms with Crippen molar-refractivity contribution in [3.63, 3.8) is 0 Å². The van der Waals surface area contributed by atoms with Gasteiger partial charge in [-0.1, -0.05) is 109 Å². The highest BCUT2D eigenvalue weighted by atomic mass is 16.5. The number of nitrogens with zero attached hydrogens (tertiary/aromatic N) is 4. The molecule has 0 saturated carbocycles. The van der Waals surface area contributed by atoms with Crippen LogP contribution in [0, 0.1) is 0 Å². The van der Waals surface area contributed by atoms with E-state index in [1.165, 1.54) is 39.0 Å². The highest BCUT2D eigenvalue weighted by molar-refractivity contribution is 5.94. The summed E-state index contributed by atoms with van der Waals surface area (Å²) in [6, 6.07) is 44.3. The average Bonchev–Trinajstić information content (AvgIpc) is 3.57. The Hall–Kier alpha value is -6.33. The van der Waals surface area contributed by atoms with Gasteiger partial charge >= 0.3 is 0 Å². The highest BCUT2D eigenvalue weighted by Crippen LogP contribution is 2.37. The van der Waals surface area contributed by atoms with Gasteiger partial charge in [-0.2, -0.15) is 0 Å². The molecule has 0 fully saturated rings. The Kier molecular flexibility index (Phi) is 7.71. The first-order valence-corrected chi connectivity index (χ1v) is 17.2. The minimum Gasteiger partial charge on any atom is -0.489 e. The van der Waals surface area contributed by atoms with Crippen LogP contribution in [-0.2, 0) is 12.8 Å². The van der Waals surface area contributed by atoms with Crippen LogP contribution in [0.15, 0.2) is 152 Å². The predicted octanol–water partition coefficient (Wildman–Crippen LogP) is 10.4. The summed E-state index contributed by atoms with van der Waals surface area (Å²) >= 11 is 0. The van der Waals surface area contributed by atoms with Gasteiger partial charge in [-0.15, -0.1) is 0 Å². The Morgan fingerprint density at radius 1 is 0.580 bits per heavy atom. The van der Waals surface area contributed by atoms with Crippen LogP contribution in [0.5, 0.6) is 5.75 Å². The van der Waals surface area contributed by atoms with E-state index in [1.54, 1.807) is 0 Å². The molecule has 0 unspecified atom stereocenters. The van der Waals surface area contributed by atoms with Crippen molar-refractivity contribution in [2.24, 2.45) is 0 Å². The standard InChI is InChI=1S/C45H34N4O/c1-4-13-31(14-5-1)43-46-44(32-15-6-2-7-16-32)48-45(47-43)33-17-12-28-50-42-27-25-34(29-36(42)23-22-33)35-24-26-41-39(30-35)38-20-10-11-21-40(38)49(41)37-18-8-3-9-19-37/h1-9,11-19,21-22,24-27,29-30H,10,20,23,28H2/b17-12-,33-22+. The summed E-state index contributed by atoms with van der Waals surface area (Å²) in [6.45, 7) is 0.449. The number of aryl methyl sites for hydroxylation is 1. The lowest BCUT2D eigenvalue weighted by atomic mass is 9.96. The molecule has 0 atom stereocenters. The second-order valence-electron chi connectivity index (χ2n) is 12.6. The number of allylic oxidation sites excluding steroid dienone is 4. The van der Waals surface area contributed by atoms with Crippen molar-refractivity contribution in [1.82, 2.24) is 19.5 Å². The Morgan fingerprint density at radius 2 is 1.24 bits per heavy atom. The Labute approximate surface area is 291 Å². The topological polar surface area (TPSA) is 52.8 Å². The van der Waals surface area contributed by atoms with E-state index in [4.69, 9.17) is 19.7 Å². The van der Waals surface area contributed by atoms with Gasteiger partial charge in [-0.3, -0.25) is 0 Å². The molecular formula is C45H34N4O. The molecule has 3 heterocycles. The van der Waals surface area contributed by atoms with E-state index in [1.807, 2.05) is 66.7 Å². The van der Waals surface area contributed by atoms with E-state index in [0.717, 1.165) is 40.9 Å². The lowest BCUT2D eigenvalue weighted by molar-refractivity contribution is 0.360. The molecule has 50 heavy (non-hydrogen) atoms. The monoisotopic (exact) mass is 646 g/mol. The zero-order valence-corrected chi connectivity index (χ0v) is 27.5. The maximum Gasteiger partial charge on any atom is 0.164 e. The van der Waals surface area contributed by atoms with Gasteiger partial charge in [0.2, 0.25) is 0 Å². The summed E-state index contributed by atoms with van der Waals surface area (Å²) in [6.07, 6.45) is 13.6. The number of ether oxygens (including phenoxy) is 1. The van der Waals surface area contributed by atoms with Crippen LogP contribution < -0.4 is 4.74 Å². The molecule has 0 radical (unpaired) electrons. The Morgan fingerprint density at radius 3 is 1.98 bits per heavy atom. The van der Waals surface area contributed by atoms with Gasteiger partial charge in [0, 0.05) is 33.5 Å². The van der Waals surface area contributed by atoms with E-state index < -0.39 is 0 Å². The number of rotatable bonds is 5. The summed E-state index contributed by atoms with van der Waals surface area (Å²) in [4.78, 5) is 14.8. The molecule has 2 aliphatic rings.